The lowest BCUT2D eigenvalue weighted by molar-refractivity contribution is 0.291. The van der Waals surface area contributed by atoms with E-state index in [2.05, 4.69) is 26.1 Å². The smallest absolute Gasteiger partial charge is 0.139 e. The standard InChI is InChI=1S/C12H17Cl2NO.ClH/c1-12(2,3)15-6-7-16-11-8-9(13)4-5-10(11)14;/h4-5,8,15H,6-7H2,1-3H3;1H. The summed E-state index contributed by atoms with van der Waals surface area (Å²) >= 11 is 11.8. The molecule has 0 aliphatic heterocycles. The third kappa shape index (κ3) is 6.99. The Morgan fingerprint density at radius 3 is 2.47 bits per heavy atom. The van der Waals surface area contributed by atoms with Gasteiger partial charge < -0.3 is 10.1 Å². The topological polar surface area (TPSA) is 21.3 Å². The summed E-state index contributed by atoms with van der Waals surface area (Å²) in [5.74, 6) is 0.630. The average molecular weight is 299 g/mol. The van der Waals surface area contributed by atoms with Gasteiger partial charge in [-0.3, -0.25) is 0 Å². The molecular formula is C12H18Cl3NO. The van der Waals surface area contributed by atoms with E-state index in [1.807, 2.05) is 0 Å². The van der Waals surface area contributed by atoms with E-state index in [0.29, 0.717) is 22.4 Å². The lowest BCUT2D eigenvalue weighted by Gasteiger charge is -2.20. The minimum Gasteiger partial charge on any atom is -0.491 e. The van der Waals surface area contributed by atoms with Gasteiger partial charge in [0.25, 0.3) is 0 Å². The van der Waals surface area contributed by atoms with Gasteiger partial charge in [-0.1, -0.05) is 23.2 Å². The molecule has 0 fully saturated rings. The zero-order valence-corrected chi connectivity index (χ0v) is 12.5. The molecule has 1 aromatic carbocycles. The van der Waals surface area contributed by atoms with Crippen LogP contribution in [0, 0.1) is 0 Å². The molecule has 0 spiro atoms. The van der Waals surface area contributed by atoms with Crippen LogP contribution in [-0.2, 0) is 0 Å². The second-order valence-corrected chi connectivity index (χ2v) is 5.44. The van der Waals surface area contributed by atoms with E-state index in [1.165, 1.54) is 0 Å². The number of benzene rings is 1. The Morgan fingerprint density at radius 2 is 1.88 bits per heavy atom. The summed E-state index contributed by atoms with van der Waals surface area (Å²) in [6.07, 6.45) is 0. The van der Waals surface area contributed by atoms with Crippen LogP contribution >= 0.6 is 35.6 Å². The number of halogens is 3. The van der Waals surface area contributed by atoms with Crippen LogP contribution in [0.2, 0.25) is 10.0 Å². The first kappa shape index (κ1) is 16.9. The minimum absolute atomic E-state index is 0. The first-order valence-corrected chi connectivity index (χ1v) is 5.97. The molecule has 0 saturated carbocycles. The molecule has 0 radical (unpaired) electrons. The molecule has 0 unspecified atom stereocenters. The molecule has 0 aliphatic rings. The Labute approximate surface area is 119 Å². The molecule has 0 bridgehead atoms. The maximum atomic E-state index is 5.96. The van der Waals surface area contributed by atoms with E-state index >= 15 is 0 Å². The lowest BCUT2D eigenvalue weighted by Crippen LogP contribution is -2.38. The fourth-order valence-corrected chi connectivity index (χ4v) is 1.51. The highest BCUT2D eigenvalue weighted by Crippen LogP contribution is 2.27. The van der Waals surface area contributed by atoms with E-state index < -0.39 is 0 Å². The van der Waals surface area contributed by atoms with Crippen molar-refractivity contribution in [2.75, 3.05) is 13.2 Å². The summed E-state index contributed by atoms with van der Waals surface area (Å²) in [5.41, 5.74) is 0.0987. The summed E-state index contributed by atoms with van der Waals surface area (Å²) in [7, 11) is 0. The van der Waals surface area contributed by atoms with Crippen molar-refractivity contribution in [3.8, 4) is 5.75 Å². The monoisotopic (exact) mass is 297 g/mol. The predicted octanol–water partition coefficient (Wildman–Crippen LogP) is 4.18. The van der Waals surface area contributed by atoms with Crippen molar-refractivity contribution in [2.24, 2.45) is 0 Å². The van der Waals surface area contributed by atoms with Gasteiger partial charge in [0.1, 0.15) is 12.4 Å². The van der Waals surface area contributed by atoms with E-state index in [1.54, 1.807) is 18.2 Å². The van der Waals surface area contributed by atoms with Crippen molar-refractivity contribution in [2.45, 2.75) is 26.3 Å². The van der Waals surface area contributed by atoms with Crippen molar-refractivity contribution in [1.29, 1.82) is 0 Å². The van der Waals surface area contributed by atoms with Crippen LogP contribution in [0.5, 0.6) is 5.75 Å². The molecule has 0 saturated heterocycles. The predicted molar refractivity (Wildman–Crippen MR) is 77.0 cm³/mol. The van der Waals surface area contributed by atoms with Crippen molar-refractivity contribution < 1.29 is 4.74 Å². The van der Waals surface area contributed by atoms with Gasteiger partial charge in [-0.25, -0.2) is 0 Å². The van der Waals surface area contributed by atoms with Gasteiger partial charge in [0.2, 0.25) is 0 Å². The SMILES string of the molecule is CC(C)(C)NCCOc1cc(Cl)ccc1Cl.Cl. The molecule has 0 aliphatic carbocycles. The van der Waals surface area contributed by atoms with Gasteiger partial charge in [-0.15, -0.1) is 12.4 Å². The first-order valence-electron chi connectivity index (χ1n) is 5.21. The van der Waals surface area contributed by atoms with Gasteiger partial charge in [0.05, 0.1) is 5.02 Å². The summed E-state index contributed by atoms with van der Waals surface area (Å²) < 4.78 is 5.53. The van der Waals surface area contributed by atoms with Gasteiger partial charge in [0, 0.05) is 23.2 Å². The summed E-state index contributed by atoms with van der Waals surface area (Å²) in [6, 6.07) is 5.20. The highest BCUT2D eigenvalue weighted by Gasteiger charge is 2.08. The molecule has 17 heavy (non-hydrogen) atoms. The van der Waals surface area contributed by atoms with Crippen LogP contribution in [0.4, 0.5) is 0 Å². The number of hydrogen-bond acceptors (Lipinski definition) is 2. The molecule has 98 valence electrons. The molecule has 0 atom stereocenters. The lowest BCUT2D eigenvalue weighted by atomic mass is 10.1. The number of rotatable bonds is 4. The largest absolute Gasteiger partial charge is 0.491 e. The van der Waals surface area contributed by atoms with E-state index in [0.717, 1.165) is 6.54 Å². The maximum absolute atomic E-state index is 5.96. The molecule has 5 heteroatoms. The molecule has 1 aromatic rings. The maximum Gasteiger partial charge on any atom is 0.139 e. The third-order valence-electron chi connectivity index (χ3n) is 1.91. The Balaban J connectivity index is 0.00000256. The van der Waals surface area contributed by atoms with Gasteiger partial charge in [-0.2, -0.15) is 0 Å². The van der Waals surface area contributed by atoms with Crippen LogP contribution in [-0.4, -0.2) is 18.7 Å². The summed E-state index contributed by atoms with van der Waals surface area (Å²) in [6.45, 7) is 7.67. The molecule has 0 heterocycles. The zero-order chi connectivity index (χ0) is 12.2. The van der Waals surface area contributed by atoms with Gasteiger partial charge >= 0.3 is 0 Å². The highest BCUT2D eigenvalue weighted by atomic mass is 35.5. The van der Waals surface area contributed by atoms with E-state index in [-0.39, 0.29) is 17.9 Å². The Kier molecular flexibility index (Phi) is 7.26. The number of hydrogen-bond donors (Lipinski definition) is 1. The first-order chi connectivity index (χ1) is 7.38. The number of nitrogens with one attached hydrogen (secondary N) is 1. The molecular weight excluding hydrogens is 280 g/mol. The summed E-state index contributed by atoms with van der Waals surface area (Å²) in [5, 5.41) is 4.54. The normalized spacial score (nSPS) is 10.9. The molecule has 1 rings (SSSR count). The van der Waals surface area contributed by atoms with E-state index in [4.69, 9.17) is 27.9 Å². The Bertz CT molecular complexity index is 350. The molecule has 0 amide bonds. The van der Waals surface area contributed by atoms with Crippen molar-refractivity contribution in [1.82, 2.24) is 5.32 Å². The van der Waals surface area contributed by atoms with Crippen molar-refractivity contribution in [3.05, 3.63) is 28.2 Å². The molecule has 1 N–H and O–H groups in total. The quantitative estimate of drug-likeness (QED) is 0.842. The molecule has 0 aromatic heterocycles. The van der Waals surface area contributed by atoms with Crippen molar-refractivity contribution in [3.63, 3.8) is 0 Å². The van der Waals surface area contributed by atoms with Crippen LogP contribution in [0.1, 0.15) is 20.8 Å². The van der Waals surface area contributed by atoms with Crippen LogP contribution in [0.15, 0.2) is 18.2 Å². The fraction of sp³-hybridized carbons (Fsp3) is 0.500. The van der Waals surface area contributed by atoms with Crippen LogP contribution in [0.25, 0.3) is 0 Å². The second kappa shape index (κ2) is 7.32. The van der Waals surface area contributed by atoms with Crippen LogP contribution in [0.3, 0.4) is 0 Å². The summed E-state index contributed by atoms with van der Waals surface area (Å²) in [4.78, 5) is 0. The second-order valence-electron chi connectivity index (χ2n) is 4.60. The Morgan fingerprint density at radius 1 is 1.24 bits per heavy atom. The van der Waals surface area contributed by atoms with Gasteiger partial charge in [-0.05, 0) is 32.9 Å². The molecule has 2 nitrogen and oxygen atoms in total. The zero-order valence-electron chi connectivity index (χ0n) is 10.2. The van der Waals surface area contributed by atoms with Crippen LogP contribution < -0.4 is 10.1 Å². The minimum atomic E-state index is 0. The van der Waals surface area contributed by atoms with E-state index in [9.17, 15) is 0 Å². The van der Waals surface area contributed by atoms with Gasteiger partial charge in [0.15, 0.2) is 0 Å². The fourth-order valence-electron chi connectivity index (χ4n) is 1.17. The Hall–Kier alpha value is -0.150. The van der Waals surface area contributed by atoms with Crippen molar-refractivity contribution >= 4 is 35.6 Å². The average Bonchev–Trinajstić information content (AvgIpc) is 2.16. The highest BCUT2D eigenvalue weighted by molar-refractivity contribution is 6.34. The third-order valence-corrected chi connectivity index (χ3v) is 2.46. The number of ether oxygens (including phenoxy) is 1.